The van der Waals surface area contributed by atoms with Gasteiger partial charge in [-0.15, -0.1) is 0 Å². The van der Waals surface area contributed by atoms with E-state index in [4.69, 9.17) is 11.6 Å². The van der Waals surface area contributed by atoms with Crippen LogP contribution in [0.25, 0.3) is 0 Å². The van der Waals surface area contributed by atoms with Crippen LogP contribution in [-0.4, -0.2) is 18.4 Å². The van der Waals surface area contributed by atoms with E-state index in [1.807, 2.05) is 13.8 Å². The zero-order valence-corrected chi connectivity index (χ0v) is 15.4. The van der Waals surface area contributed by atoms with E-state index in [0.29, 0.717) is 18.0 Å². The minimum Gasteiger partial charge on any atom is -0.352 e. The average molecular weight is 399 g/mol. The van der Waals surface area contributed by atoms with Crippen molar-refractivity contribution in [3.05, 3.63) is 64.2 Å². The molecular weight excluding hydrogens is 381 g/mol. The zero-order valence-electron chi connectivity index (χ0n) is 14.7. The van der Waals surface area contributed by atoms with Gasteiger partial charge in [0.05, 0.1) is 16.3 Å². The van der Waals surface area contributed by atoms with E-state index >= 15 is 0 Å². The van der Waals surface area contributed by atoms with Crippen molar-refractivity contribution in [2.24, 2.45) is 5.92 Å². The van der Waals surface area contributed by atoms with Crippen LogP contribution in [0.4, 0.5) is 18.9 Å². The van der Waals surface area contributed by atoms with Gasteiger partial charge in [0.1, 0.15) is 0 Å². The third-order valence-electron chi connectivity index (χ3n) is 3.62. The van der Waals surface area contributed by atoms with Crippen molar-refractivity contribution in [1.82, 2.24) is 5.32 Å². The van der Waals surface area contributed by atoms with Gasteiger partial charge < -0.3 is 10.6 Å². The smallest absolute Gasteiger partial charge is 0.352 e. The first-order valence-corrected chi connectivity index (χ1v) is 8.52. The number of carbonyl (C=O) groups excluding carboxylic acids is 2. The molecule has 0 radical (unpaired) electrons. The monoisotopic (exact) mass is 398 g/mol. The largest absolute Gasteiger partial charge is 0.416 e. The van der Waals surface area contributed by atoms with Crippen LogP contribution in [0, 0.1) is 5.92 Å². The number of anilines is 1. The molecule has 0 unspecified atom stereocenters. The molecule has 2 N–H and O–H groups in total. The highest BCUT2D eigenvalue weighted by Gasteiger charge is 2.31. The lowest BCUT2D eigenvalue weighted by Gasteiger charge is -2.12. The van der Waals surface area contributed by atoms with Crippen LogP contribution in [0.2, 0.25) is 5.02 Å². The maximum atomic E-state index is 12.8. The highest BCUT2D eigenvalue weighted by Crippen LogP contribution is 2.34. The molecule has 2 amide bonds. The summed E-state index contributed by atoms with van der Waals surface area (Å²) in [5.41, 5.74) is -0.497. The van der Waals surface area contributed by atoms with Crippen molar-refractivity contribution >= 4 is 29.1 Å². The summed E-state index contributed by atoms with van der Waals surface area (Å²) in [7, 11) is 0. The van der Waals surface area contributed by atoms with Crippen molar-refractivity contribution in [2.75, 3.05) is 11.9 Å². The third kappa shape index (κ3) is 5.72. The molecule has 0 atom stereocenters. The molecule has 4 nitrogen and oxygen atoms in total. The van der Waals surface area contributed by atoms with Crippen LogP contribution >= 0.6 is 11.6 Å². The highest BCUT2D eigenvalue weighted by atomic mass is 35.5. The van der Waals surface area contributed by atoms with Gasteiger partial charge >= 0.3 is 6.18 Å². The molecule has 0 saturated heterocycles. The molecular formula is C19H18ClF3N2O2. The van der Waals surface area contributed by atoms with Gasteiger partial charge in [0, 0.05) is 17.7 Å². The Morgan fingerprint density at radius 3 is 2.07 bits per heavy atom. The molecule has 0 aliphatic heterocycles. The van der Waals surface area contributed by atoms with Crippen LogP contribution in [0.3, 0.4) is 0 Å². The number of carbonyl (C=O) groups is 2. The summed E-state index contributed by atoms with van der Waals surface area (Å²) in [5, 5.41) is 5.09. The van der Waals surface area contributed by atoms with Crippen LogP contribution < -0.4 is 10.6 Å². The van der Waals surface area contributed by atoms with Gasteiger partial charge in [-0.1, -0.05) is 25.4 Å². The number of hydrogen-bond donors (Lipinski definition) is 2. The van der Waals surface area contributed by atoms with E-state index in [9.17, 15) is 22.8 Å². The summed E-state index contributed by atoms with van der Waals surface area (Å²) in [4.78, 5) is 24.2. The zero-order chi connectivity index (χ0) is 20.2. The number of halogens is 4. The Hall–Kier alpha value is -2.54. The molecule has 2 rings (SSSR count). The third-order valence-corrected chi connectivity index (χ3v) is 3.95. The SMILES string of the molecule is CC(C)CNC(=O)c1ccc(C(=O)Nc2cc(C(F)(F)F)ccc2Cl)cc1. The lowest BCUT2D eigenvalue weighted by atomic mass is 10.1. The molecule has 0 aliphatic rings. The van der Waals surface area contributed by atoms with Crippen molar-refractivity contribution in [3.8, 4) is 0 Å². The van der Waals surface area contributed by atoms with Crippen LogP contribution in [0.5, 0.6) is 0 Å². The van der Waals surface area contributed by atoms with E-state index in [1.165, 1.54) is 24.3 Å². The maximum absolute atomic E-state index is 12.8. The van der Waals surface area contributed by atoms with Gasteiger partial charge in [-0.25, -0.2) is 0 Å². The van der Waals surface area contributed by atoms with Crippen LogP contribution in [0.1, 0.15) is 40.1 Å². The summed E-state index contributed by atoms with van der Waals surface area (Å²) >= 11 is 5.87. The Kier molecular flexibility index (Phi) is 6.49. The molecule has 0 saturated carbocycles. The fourth-order valence-electron chi connectivity index (χ4n) is 2.16. The summed E-state index contributed by atoms with van der Waals surface area (Å²) in [6.07, 6.45) is -4.55. The second kappa shape index (κ2) is 8.43. The predicted octanol–water partition coefficient (Wildman–Crippen LogP) is 5.00. The van der Waals surface area contributed by atoms with Crippen LogP contribution in [-0.2, 0) is 6.18 Å². The molecule has 8 heteroatoms. The molecule has 27 heavy (non-hydrogen) atoms. The molecule has 2 aromatic carbocycles. The summed E-state index contributed by atoms with van der Waals surface area (Å²) in [5.74, 6) is -0.599. The maximum Gasteiger partial charge on any atom is 0.416 e. The van der Waals surface area contributed by atoms with E-state index in [2.05, 4.69) is 10.6 Å². The molecule has 0 heterocycles. The molecule has 2 aromatic rings. The lowest BCUT2D eigenvalue weighted by molar-refractivity contribution is -0.137. The molecule has 144 valence electrons. The first kappa shape index (κ1) is 20.8. The molecule has 0 bridgehead atoms. The van der Waals surface area contributed by atoms with E-state index < -0.39 is 17.6 Å². The topological polar surface area (TPSA) is 58.2 Å². The Morgan fingerprint density at radius 1 is 1.00 bits per heavy atom. The van der Waals surface area contributed by atoms with Gasteiger partial charge in [-0.05, 0) is 48.4 Å². The summed E-state index contributed by atoms with van der Waals surface area (Å²) < 4.78 is 38.4. The van der Waals surface area contributed by atoms with Crippen molar-refractivity contribution in [3.63, 3.8) is 0 Å². The van der Waals surface area contributed by atoms with Gasteiger partial charge in [-0.3, -0.25) is 9.59 Å². The second-order valence-electron chi connectivity index (χ2n) is 6.33. The quantitative estimate of drug-likeness (QED) is 0.744. The first-order valence-electron chi connectivity index (χ1n) is 8.14. The van der Waals surface area contributed by atoms with Crippen molar-refractivity contribution < 1.29 is 22.8 Å². The predicted molar refractivity (Wildman–Crippen MR) is 98.0 cm³/mol. The Morgan fingerprint density at radius 2 is 1.56 bits per heavy atom. The summed E-state index contributed by atoms with van der Waals surface area (Å²) in [6.45, 7) is 4.45. The number of alkyl halides is 3. The minimum atomic E-state index is -4.55. The van der Waals surface area contributed by atoms with Crippen molar-refractivity contribution in [1.29, 1.82) is 0 Å². The average Bonchev–Trinajstić information content (AvgIpc) is 2.60. The van der Waals surface area contributed by atoms with Crippen LogP contribution in [0.15, 0.2) is 42.5 Å². The second-order valence-corrected chi connectivity index (χ2v) is 6.73. The normalized spacial score (nSPS) is 11.4. The number of rotatable bonds is 5. The van der Waals surface area contributed by atoms with Crippen molar-refractivity contribution in [2.45, 2.75) is 20.0 Å². The van der Waals surface area contributed by atoms with E-state index in [-0.39, 0.29) is 22.2 Å². The molecule has 0 aromatic heterocycles. The van der Waals surface area contributed by atoms with Gasteiger partial charge in [-0.2, -0.15) is 13.2 Å². The minimum absolute atomic E-state index is 0.0129. The fourth-order valence-corrected chi connectivity index (χ4v) is 2.33. The first-order chi connectivity index (χ1) is 12.6. The number of hydrogen-bond acceptors (Lipinski definition) is 2. The lowest BCUT2D eigenvalue weighted by Crippen LogP contribution is -2.27. The Labute approximate surface area is 159 Å². The highest BCUT2D eigenvalue weighted by molar-refractivity contribution is 6.34. The van der Waals surface area contributed by atoms with E-state index in [1.54, 1.807) is 0 Å². The Balaban J connectivity index is 2.12. The number of benzene rings is 2. The van der Waals surface area contributed by atoms with Gasteiger partial charge in [0.15, 0.2) is 0 Å². The van der Waals surface area contributed by atoms with Gasteiger partial charge in [0.25, 0.3) is 11.8 Å². The molecule has 0 fully saturated rings. The van der Waals surface area contributed by atoms with E-state index in [0.717, 1.165) is 18.2 Å². The summed E-state index contributed by atoms with van der Waals surface area (Å²) in [6, 6.07) is 8.46. The molecule has 0 aliphatic carbocycles. The fraction of sp³-hybridized carbons (Fsp3) is 0.263. The standard InChI is InChI=1S/C19H18ClF3N2O2/c1-11(2)10-24-17(26)12-3-5-13(6-4-12)18(27)25-16-9-14(19(21,22)23)7-8-15(16)20/h3-9,11H,10H2,1-2H3,(H,24,26)(H,25,27). The Bertz CT molecular complexity index is 834. The molecule has 0 spiro atoms. The number of amides is 2. The van der Waals surface area contributed by atoms with Gasteiger partial charge in [0.2, 0.25) is 0 Å². The number of nitrogens with one attached hydrogen (secondary N) is 2.